The van der Waals surface area contributed by atoms with Crippen molar-refractivity contribution in [2.75, 3.05) is 13.2 Å². The van der Waals surface area contributed by atoms with Gasteiger partial charge in [0.2, 0.25) is 5.91 Å². The number of hydrogen-bond acceptors (Lipinski definition) is 3. The van der Waals surface area contributed by atoms with E-state index in [1.807, 2.05) is 6.92 Å². The number of alkyl halides is 3. The molecule has 0 bridgehead atoms. The van der Waals surface area contributed by atoms with Crippen LogP contribution >= 0.6 is 0 Å². The molecule has 1 unspecified atom stereocenters. The van der Waals surface area contributed by atoms with Gasteiger partial charge in [-0.15, -0.1) is 0 Å². The van der Waals surface area contributed by atoms with Crippen molar-refractivity contribution in [2.45, 2.75) is 39.4 Å². The number of hydrazine groups is 1. The third-order valence-corrected chi connectivity index (χ3v) is 3.84. The average molecular weight is 330 g/mol. The lowest BCUT2D eigenvalue weighted by Gasteiger charge is -2.29. The Kier molecular flexibility index (Phi) is 4.89. The molecule has 0 saturated carbocycles. The van der Waals surface area contributed by atoms with E-state index in [1.165, 1.54) is 0 Å². The standard InChI is InChI=1S/C16H21F3N2O2/c1-4-23-12-7-5-11(6-8-12)9-13(16(17,18)19)21-10-15(2,3)14(22)20-21/h5-8,13H,4,9-10H2,1-3H3,(H,20,22). The number of ether oxygens (including phenoxy) is 1. The van der Waals surface area contributed by atoms with Crippen LogP contribution in [0.25, 0.3) is 0 Å². The first-order valence-electron chi connectivity index (χ1n) is 7.49. The van der Waals surface area contributed by atoms with Crippen molar-refractivity contribution in [3.63, 3.8) is 0 Å². The molecule has 1 saturated heterocycles. The fourth-order valence-electron chi connectivity index (χ4n) is 2.52. The Hall–Kier alpha value is -1.76. The van der Waals surface area contributed by atoms with Gasteiger partial charge in [0.1, 0.15) is 11.8 Å². The van der Waals surface area contributed by atoms with Gasteiger partial charge in [-0.3, -0.25) is 10.2 Å². The molecule has 23 heavy (non-hydrogen) atoms. The third-order valence-electron chi connectivity index (χ3n) is 3.84. The number of halogens is 3. The van der Waals surface area contributed by atoms with E-state index in [9.17, 15) is 18.0 Å². The second-order valence-corrected chi connectivity index (χ2v) is 6.29. The van der Waals surface area contributed by atoms with Crippen LogP contribution in [0, 0.1) is 5.41 Å². The summed E-state index contributed by atoms with van der Waals surface area (Å²) in [5, 5.41) is 0.999. The minimum absolute atomic E-state index is 0.0209. The Balaban J connectivity index is 2.15. The molecule has 0 spiro atoms. The highest BCUT2D eigenvalue weighted by Gasteiger charge is 2.50. The third kappa shape index (κ3) is 4.16. The number of nitrogens with one attached hydrogen (secondary N) is 1. The van der Waals surface area contributed by atoms with Gasteiger partial charge >= 0.3 is 6.18 Å². The summed E-state index contributed by atoms with van der Waals surface area (Å²) in [5.41, 5.74) is 2.06. The summed E-state index contributed by atoms with van der Waals surface area (Å²) in [4.78, 5) is 11.8. The number of hydrogen-bond donors (Lipinski definition) is 1. The molecule has 1 N–H and O–H groups in total. The second kappa shape index (κ2) is 6.39. The number of nitrogens with zero attached hydrogens (tertiary/aromatic N) is 1. The maximum atomic E-state index is 13.4. The van der Waals surface area contributed by atoms with Crippen molar-refractivity contribution in [1.82, 2.24) is 10.4 Å². The quantitative estimate of drug-likeness (QED) is 0.902. The van der Waals surface area contributed by atoms with Gasteiger partial charge in [0, 0.05) is 6.54 Å². The van der Waals surface area contributed by atoms with Gasteiger partial charge < -0.3 is 4.74 Å². The van der Waals surface area contributed by atoms with Crippen molar-refractivity contribution < 1.29 is 22.7 Å². The van der Waals surface area contributed by atoms with E-state index in [-0.39, 0.29) is 13.0 Å². The van der Waals surface area contributed by atoms with Crippen molar-refractivity contribution >= 4 is 5.91 Å². The number of amides is 1. The minimum atomic E-state index is -4.44. The summed E-state index contributed by atoms with van der Waals surface area (Å²) in [6.07, 6.45) is -4.67. The SMILES string of the molecule is CCOc1ccc(CC(N2CC(C)(C)C(=O)N2)C(F)(F)F)cc1. The Morgan fingerprint density at radius 1 is 1.30 bits per heavy atom. The highest BCUT2D eigenvalue weighted by atomic mass is 19.4. The maximum Gasteiger partial charge on any atom is 0.406 e. The molecule has 7 heteroatoms. The molecule has 2 rings (SSSR count). The molecule has 0 aliphatic carbocycles. The molecule has 1 amide bonds. The molecule has 1 aliphatic heterocycles. The smallest absolute Gasteiger partial charge is 0.406 e. The lowest BCUT2D eigenvalue weighted by Crippen LogP contribution is -2.51. The van der Waals surface area contributed by atoms with Crippen LogP contribution in [-0.2, 0) is 11.2 Å². The van der Waals surface area contributed by atoms with Gasteiger partial charge in [0.05, 0.1) is 12.0 Å². The normalized spacial score (nSPS) is 19.5. The highest BCUT2D eigenvalue weighted by Crippen LogP contribution is 2.32. The van der Waals surface area contributed by atoms with Gasteiger partial charge in [-0.2, -0.15) is 13.2 Å². The van der Waals surface area contributed by atoms with Gasteiger partial charge in [0.15, 0.2) is 0 Å². The van der Waals surface area contributed by atoms with Crippen LogP contribution in [0.4, 0.5) is 13.2 Å². The minimum Gasteiger partial charge on any atom is -0.494 e. The lowest BCUT2D eigenvalue weighted by atomic mass is 9.94. The molecule has 1 aromatic carbocycles. The summed E-state index contributed by atoms with van der Waals surface area (Å²) in [6.45, 7) is 5.62. The Morgan fingerprint density at radius 3 is 2.35 bits per heavy atom. The van der Waals surface area contributed by atoms with E-state index < -0.39 is 23.5 Å². The second-order valence-electron chi connectivity index (χ2n) is 6.29. The predicted molar refractivity (Wildman–Crippen MR) is 79.8 cm³/mol. The van der Waals surface area contributed by atoms with E-state index in [0.29, 0.717) is 17.9 Å². The summed E-state index contributed by atoms with van der Waals surface area (Å²) >= 11 is 0. The first-order valence-corrected chi connectivity index (χ1v) is 7.49. The molecule has 1 heterocycles. The highest BCUT2D eigenvalue weighted by molar-refractivity contribution is 5.83. The van der Waals surface area contributed by atoms with E-state index in [4.69, 9.17) is 4.74 Å². The summed E-state index contributed by atoms with van der Waals surface area (Å²) < 4.78 is 45.5. The van der Waals surface area contributed by atoms with Crippen molar-refractivity contribution in [3.8, 4) is 5.75 Å². The van der Waals surface area contributed by atoms with Crippen LogP contribution in [0.15, 0.2) is 24.3 Å². The molecule has 128 valence electrons. The Bertz CT molecular complexity index is 555. The monoisotopic (exact) mass is 330 g/mol. The average Bonchev–Trinajstić information content (AvgIpc) is 2.70. The van der Waals surface area contributed by atoms with Crippen molar-refractivity contribution in [3.05, 3.63) is 29.8 Å². The number of carbonyl (C=O) groups excluding carboxylic acids is 1. The molecule has 1 aliphatic rings. The maximum absolute atomic E-state index is 13.4. The Labute approximate surface area is 133 Å². The Morgan fingerprint density at radius 2 is 1.91 bits per heavy atom. The molecule has 1 atom stereocenters. The zero-order chi connectivity index (χ0) is 17.3. The first kappa shape index (κ1) is 17.6. The summed E-state index contributed by atoms with van der Waals surface area (Å²) in [7, 11) is 0. The largest absolute Gasteiger partial charge is 0.494 e. The molecule has 0 aromatic heterocycles. The molecule has 0 radical (unpaired) electrons. The van der Waals surface area contributed by atoms with Crippen molar-refractivity contribution in [1.29, 1.82) is 0 Å². The molecule has 4 nitrogen and oxygen atoms in total. The zero-order valence-electron chi connectivity index (χ0n) is 13.4. The molecule has 1 fully saturated rings. The van der Waals surface area contributed by atoms with E-state index in [1.54, 1.807) is 38.1 Å². The fourth-order valence-corrected chi connectivity index (χ4v) is 2.52. The molecule has 1 aromatic rings. The predicted octanol–water partition coefficient (Wildman–Crippen LogP) is 2.93. The van der Waals surface area contributed by atoms with Gasteiger partial charge in [0.25, 0.3) is 0 Å². The van der Waals surface area contributed by atoms with Gasteiger partial charge in [-0.1, -0.05) is 12.1 Å². The molecular weight excluding hydrogens is 309 g/mol. The van der Waals surface area contributed by atoms with Crippen LogP contribution < -0.4 is 10.2 Å². The summed E-state index contributed by atoms with van der Waals surface area (Å²) in [6, 6.07) is 4.78. The van der Waals surface area contributed by atoms with E-state index in [0.717, 1.165) is 5.01 Å². The topological polar surface area (TPSA) is 41.6 Å². The van der Waals surface area contributed by atoms with Crippen molar-refractivity contribution in [2.24, 2.45) is 5.41 Å². The van der Waals surface area contributed by atoms with Gasteiger partial charge in [-0.05, 0) is 44.9 Å². The van der Waals surface area contributed by atoms with E-state index in [2.05, 4.69) is 5.43 Å². The first-order chi connectivity index (χ1) is 10.6. The fraction of sp³-hybridized carbons (Fsp3) is 0.562. The number of benzene rings is 1. The van der Waals surface area contributed by atoms with Crippen LogP contribution in [0.3, 0.4) is 0 Å². The number of carbonyl (C=O) groups is 1. The molecular formula is C16H21F3N2O2. The van der Waals surface area contributed by atoms with Crippen LogP contribution in [0.2, 0.25) is 0 Å². The van der Waals surface area contributed by atoms with Crippen LogP contribution in [-0.4, -0.2) is 36.3 Å². The van der Waals surface area contributed by atoms with Crippen LogP contribution in [0.5, 0.6) is 5.75 Å². The lowest BCUT2D eigenvalue weighted by molar-refractivity contribution is -0.188. The summed E-state index contributed by atoms with van der Waals surface area (Å²) in [5.74, 6) is 0.230. The van der Waals surface area contributed by atoms with Gasteiger partial charge in [-0.25, -0.2) is 5.01 Å². The number of rotatable bonds is 5. The zero-order valence-corrected chi connectivity index (χ0v) is 13.4. The van der Waals surface area contributed by atoms with E-state index >= 15 is 0 Å². The van der Waals surface area contributed by atoms with Crippen LogP contribution in [0.1, 0.15) is 26.3 Å².